The van der Waals surface area contributed by atoms with Crippen molar-refractivity contribution in [1.29, 1.82) is 0 Å². The zero-order chi connectivity index (χ0) is 9.94. The van der Waals surface area contributed by atoms with Gasteiger partial charge in [-0.05, 0) is 6.42 Å². The molecular weight excluding hydrogens is 182 g/mol. The summed E-state index contributed by atoms with van der Waals surface area (Å²) in [6.45, 7) is 1.58. The van der Waals surface area contributed by atoms with Crippen molar-refractivity contribution in [3.8, 4) is 0 Å². The highest BCUT2D eigenvalue weighted by atomic mass is 32.2. The average Bonchev–Trinajstić information content (AvgIpc) is 1.85. The van der Waals surface area contributed by atoms with Crippen LogP contribution in [0.15, 0.2) is 0 Å². The fourth-order valence-electron chi connectivity index (χ4n) is 0.869. The van der Waals surface area contributed by atoms with Gasteiger partial charge < -0.3 is 0 Å². The Bertz CT molecular complexity index is 257. The van der Waals surface area contributed by atoms with Gasteiger partial charge in [0.25, 0.3) is 5.91 Å². The Balaban J connectivity index is 4.71. The Morgan fingerprint density at radius 1 is 1.58 bits per heavy atom. The summed E-state index contributed by atoms with van der Waals surface area (Å²) in [5.41, 5.74) is 0. The van der Waals surface area contributed by atoms with Gasteiger partial charge in [-0.25, -0.2) is 13.5 Å². The summed E-state index contributed by atoms with van der Waals surface area (Å²) in [6, 6.07) is 0. The molecule has 0 bridgehead atoms. The number of carbonyl (C=O) groups excluding carboxylic acids is 1. The number of carbonyl (C=O) groups is 1. The normalized spacial score (nSPS) is 14.0. The Hall–Kier alpha value is -0.620. The number of hydroxylamine groups is 2. The number of nitrogens with zero attached hydrogens (tertiary/aromatic N) is 1. The van der Waals surface area contributed by atoms with E-state index in [0.29, 0.717) is 5.06 Å². The van der Waals surface area contributed by atoms with Gasteiger partial charge in [-0.2, -0.15) is 0 Å². The van der Waals surface area contributed by atoms with E-state index in [0.717, 1.165) is 13.3 Å². The van der Waals surface area contributed by atoms with E-state index in [9.17, 15) is 13.2 Å². The summed E-state index contributed by atoms with van der Waals surface area (Å²) >= 11 is 0. The molecule has 0 rings (SSSR count). The van der Waals surface area contributed by atoms with Gasteiger partial charge >= 0.3 is 0 Å². The molecule has 0 aliphatic heterocycles. The van der Waals surface area contributed by atoms with Crippen LogP contribution in [-0.4, -0.2) is 43.1 Å². The summed E-state index contributed by atoms with van der Waals surface area (Å²) in [5, 5.41) is 7.87. The van der Waals surface area contributed by atoms with Gasteiger partial charge in [0.05, 0.1) is 0 Å². The largest absolute Gasteiger partial charge is 0.286 e. The molecule has 0 saturated carbocycles. The van der Waals surface area contributed by atoms with E-state index in [2.05, 4.69) is 0 Å². The third-order valence-corrected chi connectivity index (χ3v) is 3.05. The van der Waals surface area contributed by atoms with Crippen molar-refractivity contribution in [1.82, 2.24) is 5.06 Å². The third kappa shape index (κ3) is 2.78. The van der Waals surface area contributed by atoms with E-state index >= 15 is 0 Å². The van der Waals surface area contributed by atoms with Crippen LogP contribution in [0, 0.1) is 0 Å². The summed E-state index contributed by atoms with van der Waals surface area (Å²) in [7, 11) is -2.30. The quantitative estimate of drug-likeness (QED) is 0.493. The van der Waals surface area contributed by atoms with Crippen LogP contribution in [0.1, 0.15) is 13.3 Å². The molecule has 0 aliphatic carbocycles. The van der Waals surface area contributed by atoms with Crippen molar-refractivity contribution in [2.24, 2.45) is 0 Å². The van der Waals surface area contributed by atoms with Gasteiger partial charge in [0.2, 0.25) is 0 Å². The third-order valence-electron chi connectivity index (χ3n) is 1.48. The molecule has 0 aromatic rings. The van der Waals surface area contributed by atoms with Gasteiger partial charge in [-0.3, -0.25) is 10.0 Å². The molecule has 0 aliphatic rings. The molecule has 0 spiro atoms. The highest BCUT2D eigenvalue weighted by Crippen LogP contribution is 2.06. The first-order valence-corrected chi connectivity index (χ1v) is 5.41. The average molecular weight is 195 g/mol. The minimum Gasteiger partial charge on any atom is -0.286 e. The van der Waals surface area contributed by atoms with Gasteiger partial charge in [0, 0.05) is 13.3 Å². The van der Waals surface area contributed by atoms with E-state index in [1.54, 1.807) is 6.92 Å². The van der Waals surface area contributed by atoms with Gasteiger partial charge in [0.1, 0.15) is 5.25 Å². The van der Waals surface area contributed by atoms with Crippen LogP contribution in [0.25, 0.3) is 0 Å². The smallest absolute Gasteiger partial charge is 0.263 e. The van der Waals surface area contributed by atoms with Crippen LogP contribution >= 0.6 is 0 Å². The monoisotopic (exact) mass is 195 g/mol. The zero-order valence-electron chi connectivity index (χ0n) is 7.31. The molecule has 1 N–H and O–H groups in total. The number of hydrogen-bond donors (Lipinski definition) is 1. The fraction of sp³-hybridized carbons (Fsp3) is 0.833. The van der Waals surface area contributed by atoms with Gasteiger partial charge in [0.15, 0.2) is 9.84 Å². The molecule has 1 amide bonds. The van der Waals surface area contributed by atoms with Crippen LogP contribution < -0.4 is 0 Å². The Morgan fingerprint density at radius 2 is 2.00 bits per heavy atom. The summed E-state index contributed by atoms with van der Waals surface area (Å²) in [6.07, 6.45) is 1.14. The molecule has 12 heavy (non-hydrogen) atoms. The Labute approximate surface area is 71.9 Å². The first kappa shape index (κ1) is 11.4. The summed E-state index contributed by atoms with van der Waals surface area (Å²) < 4.78 is 21.9. The van der Waals surface area contributed by atoms with Gasteiger partial charge in [-0.15, -0.1) is 0 Å². The lowest BCUT2D eigenvalue weighted by Crippen LogP contribution is -2.38. The molecule has 0 radical (unpaired) electrons. The molecular formula is C6H13NO4S. The molecule has 72 valence electrons. The van der Waals surface area contributed by atoms with E-state index in [4.69, 9.17) is 5.21 Å². The number of amides is 1. The van der Waals surface area contributed by atoms with Crippen LogP contribution in [0.5, 0.6) is 0 Å². The molecule has 0 fully saturated rings. The van der Waals surface area contributed by atoms with Crippen molar-refractivity contribution < 1.29 is 18.4 Å². The van der Waals surface area contributed by atoms with Gasteiger partial charge in [-0.1, -0.05) is 6.92 Å². The maximum Gasteiger partial charge on any atom is 0.263 e. The number of hydrogen-bond acceptors (Lipinski definition) is 4. The number of sulfone groups is 1. The molecule has 1 atom stereocenters. The van der Waals surface area contributed by atoms with Crippen molar-refractivity contribution >= 4 is 15.7 Å². The minimum absolute atomic E-state index is 0.169. The second kappa shape index (κ2) is 3.86. The maximum atomic E-state index is 11.0. The predicted octanol–water partition coefficient (Wildman–Crippen LogP) is -0.343. The molecule has 6 heteroatoms. The maximum absolute atomic E-state index is 11.0. The van der Waals surface area contributed by atoms with Crippen LogP contribution in [0.2, 0.25) is 0 Å². The lowest BCUT2D eigenvalue weighted by atomic mass is 10.3. The SMILES string of the molecule is CCC(C(=O)N(C)O)S(C)(=O)=O. The van der Waals surface area contributed by atoms with Crippen molar-refractivity contribution in [3.63, 3.8) is 0 Å². The van der Waals surface area contributed by atoms with E-state index in [-0.39, 0.29) is 6.42 Å². The topological polar surface area (TPSA) is 74.7 Å². The predicted molar refractivity (Wildman–Crippen MR) is 43.5 cm³/mol. The molecule has 0 saturated heterocycles. The fourth-order valence-corrected chi connectivity index (χ4v) is 1.99. The van der Waals surface area contributed by atoms with Crippen molar-refractivity contribution in [2.45, 2.75) is 18.6 Å². The van der Waals surface area contributed by atoms with E-state index < -0.39 is 21.0 Å². The molecule has 1 unspecified atom stereocenters. The highest BCUT2D eigenvalue weighted by molar-refractivity contribution is 7.92. The summed E-state index contributed by atoms with van der Waals surface area (Å²) in [4.78, 5) is 11.0. The first-order chi connectivity index (χ1) is 5.30. The second-order valence-electron chi connectivity index (χ2n) is 2.59. The highest BCUT2D eigenvalue weighted by Gasteiger charge is 2.28. The first-order valence-electron chi connectivity index (χ1n) is 3.46. The van der Waals surface area contributed by atoms with E-state index in [1.807, 2.05) is 0 Å². The second-order valence-corrected chi connectivity index (χ2v) is 4.82. The minimum atomic E-state index is -3.41. The summed E-state index contributed by atoms with van der Waals surface area (Å²) in [5.74, 6) is -0.792. The van der Waals surface area contributed by atoms with E-state index in [1.165, 1.54) is 0 Å². The molecule has 0 heterocycles. The standard InChI is InChI=1S/C6H13NO4S/c1-4-5(12(3,10)11)6(8)7(2)9/h5,9H,4H2,1-3H3. The molecule has 5 nitrogen and oxygen atoms in total. The van der Waals surface area contributed by atoms with Crippen LogP contribution in [-0.2, 0) is 14.6 Å². The number of rotatable bonds is 3. The zero-order valence-corrected chi connectivity index (χ0v) is 8.13. The van der Waals surface area contributed by atoms with Crippen molar-refractivity contribution in [3.05, 3.63) is 0 Å². The van der Waals surface area contributed by atoms with Crippen LogP contribution in [0.4, 0.5) is 0 Å². The lowest BCUT2D eigenvalue weighted by molar-refractivity contribution is -0.158. The molecule has 0 aromatic heterocycles. The Morgan fingerprint density at radius 3 is 2.08 bits per heavy atom. The lowest BCUT2D eigenvalue weighted by Gasteiger charge is -2.15. The van der Waals surface area contributed by atoms with Crippen molar-refractivity contribution in [2.75, 3.05) is 13.3 Å². The molecule has 0 aromatic carbocycles. The van der Waals surface area contributed by atoms with Crippen LogP contribution in [0.3, 0.4) is 0 Å². The Kier molecular flexibility index (Phi) is 3.66.